The lowest BCUT2D eigenvalue weighted by molar-refractivity contribution is 0.176. The highest BCUT2D eigenvalue weighted by atomic mass is 35.5. The lowest BCUT2D eigenvalue weighted by Gasteiger charge is -2.06. The number of carbonyl (C=O) groups is 1. The molecule has 1 aromatic rings. The van der Waals surface area contributed by atoms with Gasteiger partial charge in [0.1, 0.15) is 6.61 Å². The van der Waals surface area contributed by atoms with Gasteiger partial charge < -0.3 is 10.1 Å². The van der Waals surface area contributed by atoms with Crippen LogP contribution in [-0.2, 0) is 11.2 Å². The maximum Gasteiger partial charge on any atom is 0.407 e. The summed E-state index contributed by atoms with van der Waals surface area (Å²) in [6, 6.07) is 7.90. The maximum absolute atomic E-state index is 10.8. The van der Waals surface area contributed by atoms with E-state index in [2.05, 4.69) is 5.32 Å². The summed E-state index contributed by atoms with van der Waals surface area (Å²) in [5.74, 6) is 0. The molecule has 4 heteroatoms. The Morgan fingerprint density at radius 2 is 2.13 bits per heavy atom. The van der Waals surface area contributed by atoms with Crippen molar-refractivity contribution in [2.45, 2.75) is 18.9 Å². The van der Waals surface area contributed by atoms with Gasteiger partial charge in [-0.25, -0.2) is 4.79 Å². The molecule has 1 heterocycles. The molecule has 0 spiro atoms. The van der Waals surface area contributed by atoms with Crippen molar-refractivity contribution in [3.8, 4) is 0 Å². The van der Waals surface area contributed by atoms with Crippen molar-refractivity contribution in [2.24, 2.45) is 0 Å². The van der Waals surface area contributed by atoms with Gasteiger partial charge in [-0.15, -0.1) is 0 Å². The van der Waals surface area contributed by atoms with Gasteiger partial charge in [0.25, 0.3) is 0 Å². The summed E-state index contributed by atoms with van der Waals surface area (Å²) in [6.45, 7) is 0.479. The normalized spacial score (nSPS) is 19.8. The molecule has 0 unspecified atom stereocenters. The zero-order chi connectivity index (χ0) is 10.7. The molecule has 1 N–H and O–H groups in total. The van der Waals surface area contributed by atoms with Crippen LogP contribution in [0.15, 0.2) is 24.3 Å². The van der Waals surface area contributed by atoms with Crippen molar-refractivity contribution >= 4 is 17.7 Å². The van der Waals surface area contributed by atoms with Crippen molar-refractivity contribution in [3.63, 3.8) is 0 Å². The summed E-state index contributed by atoms with van der Waals surface area (Å²) in [7, 11) is 0. The van der Waals surface area contributed by atoms with Crippen molar-refractivity contribution in [3.05, 3.63) is 34.9 Å². The molecular formula is C11H12ClNO2. The first kappa shape index (κ1) is 10.3. The zero-order valence-corrected chi connectivity index (χ0v) is 8.96. The Morgan fingerprint density at radius 1 is 1.40 bits per heavy atom. The molecule has 1 amide bonds. The lowest BCUT2D eigenvalue weighted by Crippen LogP contribution is -2.26. The van der Waals surface area contributed by atoms with Crippen LogP contribution in [0, 0.1) is 0 Å². The molecule has 1 aliphatic heterocycles. The molecule has 1 fully saturated rings. The number of carbonyl (C=O) groups excluding carboxylic acids is 1. The van der Waals surface area contributed by atoms with E-state index < -0.39 is 0 Å². The maximum atomic E-state index is 10.8. The average Bonchev–Trinajstić information content (AvgIpc) is 2.64. The van der Waals surface area contributed by atoms with Gasteiger partial charge in [0.05, 0.1) is 6.04 Å². The minimum atomic E-state index is -0.309. The number of alkyl carbamates (subject to hydrolysis) is 1. The molecule has 0 radical (unpaired) electrons. The molecule has 15 heavy (non-hydrogen) atoms. The number of rotatable bonds is 3. The molecule has 1 aliphatic rings. The van der Waals surface area contributed by atoms with Crippen molar-refractivity contribution < 1.29 is 9.53 Å². The molecular weight excluding hydrogens is 214 g/mol. The van der Waals surface area contributed by atoms with Gasteiger partial charge in [-0.2, -0.15) is 0 Å². The SMILES string of the molecule is O=C1N[C@@H](CCc2ccc(Cl)cc2)CO1. The van der Waals surface area contributed by atoms with Crippen LogP contribution in [0.25, 0.3) is 0 Å². The summed E-state index contributed by atoms with van der Waals surface area (Å²) >= 11 is 5.78. The number of benzene rings is 1. The molecule has 0 aliphatic carbocycles. The predicted molar refractivity (Wildman–Crippen MR) is 58.0 cm³/mol. The number of hydrogen-bond acceptors (Lipinski definition) is 2. The van der Waals surface area contributed by atoms with E-state index in [-0.39, 0.29) is 12.1 Å². The number of nitrogens with one attached hydrogen (secondary N) is 1. The van der Waals surface area contributed by atoms with Crippen LogP contribution < -0.4 is 5.32 Å². The monoisotopic (exact) mass is 225 g/mol. The standard InChI is InChI=1S/C11H12ClNO2/c12-9-4-1-8(2-5-9)3-6-10-7-15-11(14)13-10/h1-2,4-5,10H,3,6-7H2,(H,13,14)/t10-/m0/s1. The number of amides is 1. The number of halogens is 1. The first-order valence-electron chi connectivity index (χ1n) is 4.92. The van der Waals surface area contributed by atoms with E-state index in [1.807, 2.05) is 24.3 Å². The fraction of sp³-hybridized carbons (Fsp3) is 0.364. The quantitative estimate of drug-likeness (QED) is 0.858. The van der Waals surface area contributed by atoms with E-state index in [1.165, 1.54) is 5.56 Å². The largest absolute Gasteiger partial charge is 0.447 e. The molecule has 1 atom stereocenters. The van der Waals surface area contributed by atoms with Gasteiger partial charge in [-0.3, -0.25) is 0 Å². The molecule has 0 saturated carbocycles. The fourth-order valence-corrected chi connectivity index (χ4v) is 1.70. The predicted octanol–water partition coefficient (Wildman–Crippen LogP) is 2.38. The number of cyclic esters (lactones) is 1. The topological polar surface area (TPSA) is 38.3 Å². The molecule has 1 aromatic carbocycles. The summed E-state index contributed by atoms with van der Waals surface area (Å²) in [4.78, 5) is 10.8. The van der Waals surface area contributed by atoms with Crippen LogP contribution in [0.1, 0.15) is 12.0 Å². The number of ether oxygens (including phenoxy) is 1. The van der Waals surface area contributed by atoms with Crippen LogP contribution in [0.3, 0.4) is 0 Å². The lowest BCUT2D eigenvalue weighted by atomic mass is 10.1. The third-order valence-corrected chi connectivity index (χ3v) is 2.68. The fourth-order valence-electron chi connectivity index (χ4n) is 1.57. The van der Waals surface area contributed by atoms with E-state index >= 15 is 0 Å². The zero-order valence-electron chi connectivity index (χ0n) is 8.20. The second-order valence-electron chi connectivity index (χ2n) is 3.60. The summed E-state index contributed by atoms with van der Waals surface area (Å²) in [5.41, 5.74) is 1.22. The molecule has 80 valence electrons. The van der Waals surface area contributed by atoms with Gasteiger partial charge in [-0.05, 0) is 30.5 Å². The highest BCUT2D eigenvalue weighted by Gasteiger charge is 2.21. The first-order chi connectivity index (χ1) is 7.24. The second kappa shape index (κ2) is 4.53. The van der Waals surface area contributed by atoms with Crippen LogP contribution in [0.5, 0.6) is 0 Å². The Bertz CT molecular complexity index is 350. The third-order valence-electron chi connectivity index (χ3n) is 2.43. The Labute approximate surface area is 93.4 Å². The molecule has 1 saturated heterocycles. The first-order valence-corrected chi connectivity index (χ1v) is 5.29. The van der Waals surface area contributed by atoms with Crippen molar-refractivity contribution in [2.75, 3.05) is 6.61 Å². The third kappa shape index (κ3) is 2.86. The van der Waals surface area contributed by atoms with E-state index in [4.69, 9.17) is 16.3 Å². The second-order valence-corrected chi connectivity index (χ2v) is 4.04. The highest BCUT2D eigenvalue weighted by molar-refractivity contribution is 6.30. The van der Waals surface area contributed by atoms with Gasteiger partial charge in [0.2, 0.25) is 0 Å². The average molecular weight is 226 g/mol. The summed E-state index contributed by atoms with van der Waals surface area (Å²) < 4.78 is 4.80. The smallest absolute Gasteiger partial charge is 0.407 e. The summed E-state index contributed by atoms with van der Waals surface area (Å²) in [5, 5.41) is 3.49. The Hall–Kier alpha value is -1.22. The van der Waals surface area contributed by atoms with Crippen LogP contribution in [-0.4, -0.2) is 18.7 Å². The Balaban J connectivity index is 1.83. The Kier molecular flexibility index (Phi) is 3.11. The van der Waals surface area contributed by atoms with Gasteiger partial charge in [0, 0.05) is 5.02 Å². The van der Waals surface area contributed by atoms with Crippen LogP contribution >= 0.6 is 11.6 Å². The molecule has 0 aromatic heterocycles. The van der Waals surface area contributed by atoms with Crippen molar-refractivity contribution in [1.29, 1.82) is 0 Å². The van der Waals surface area contributed by atoms with Crippen LogP contribution in [0.4, 0.5) is 4.79 Å². The highest BCUT2D eigenvalue weighted by Crippen LogP contribution is 2.12. The minimum Gasteiger partial charge on any atom is -0.447 e. The van der Waals surface area contributed by atoms with E-state index in [0.29, 0.717) is 6.61 Å². The van der Waals surface area contributed by atoms with Gasteiger partial charge >= 0.3 is 6.09 Å². The summed E-state index contributed by atoms with van der Waals surface area (Å²) in [6.07, 6.45) is 1.51. The minimum absolute atomic E-state index is 0.146. The Morgan fingerprint density at radius 3 is 2.73 bits per heavy atom. The van der Waals surface area contributed by atoms with Gasteiger partial charge in [-0.1, -0.05) is 23.7 Å². The number of aryl methyl sites for hydroxylation is 1. The van der Waals surface area contributed by atoms with Crippen LogP contribution in [0.2, 0.25) is 5.02 Å². The molecule has 2 rings (SSSR count). The molecule has 0 bridgehead atoms. The van der Waals surface area contributed by atoms with Gasteiger partial charge in [0.15, 0.2) is 0 Å². The van der Waals surface area contributed by atoms with E-state index in [9.17, 15) is 4.79 Å². The van der Waals surface area contributed by atoms with Crippen molar-refractivity contribution in [1.82, 2.24) is 5.32 Å². The van der Waals surface area contributed by atoms with E-state index in [1.54, 1.807) is 0 Å². The molecule has 3 nitrogen and oxygen atoms in total. The van der Waals surface area contributed by atoms with E-state index in [0.717, 1.165) is 17.9 Å². The number of hydrogen-bond donors (Lipinski definition) is 1.